The molecule has 2 aromatic heterocycles. The lowest BCUT2D eigenvalue weighted by Gasteiger charge is -1.90. The van der Waals surface area contributed by atoms with Crippen LogP contribution in [-0.2, 0) is 6.42 Å². The maximum Gasteiger partial charge on any atom is 0.257 e. The van der Waals surface area contributed by atoms with Gasteiger partial charge in [-0.15, -0.1) is 21.5 Å². The van der Waals surface area contributed by atoms with Crippen molar-refractivity contribution in [3.05, 3.63) is 22.9 Å². The van der Waals surface area contributed by atoms with Gasteiger partial charge >= 0.3 is 0 Å². The number of hydrogen-bond acceptors (Lipinski definition) is 5. The first-order chi connectivity index (χ1) is 6.81. The van der Waals surface area contributed by atoms with E-state index in [2.05, 4.69) is 10.2 Å². The van der Waals surface area contributed by atoms with Crippen molar-refractivity contribution in [3.63, 3.8) is 0 Å². The molecular formula is C9H11N3OS. The lowest BCUT2D eigenvalue weighted by Crippen LogP contribution is -2.02. The van der Waals surface area contributed by atoms with Crippen LogP contribution >= 0.6 is 11.3 Å². The molecular weight excluding hydrogens is 198 g/mol. The summed E-state index contributed by atoms with van der Waals surface area (Å²) in [4.78, 5) is 1.04. The standard InChI is InChI=1S/C9H11N3OS/c1-6-3-5-14-8(6)9-12-11-7(13-9)2-4-10/h3,5H,2,4,10H2,1H3. The van der Waals surface area contributed by atoms with Gasteiger partial charge in [-0.25, -0.2) is 0 Å². The molecule has 74 valence electrons. The molecule has 0 aliphatic carbocycles. The first-order valence-electron chi connectivity index (χ1n) is 4.38. The molecule has 0 aromatic carbocycles. The van der Waals surface area contributed by atoms with Gasteiger partial charge in [0.2, 0.25) is 5.89 Å². The Kier molecular flexibility index (Phi) is 2.60. The van der Waals surface area contributed by atoms with E-state index >= 15 is 0 Å². The third-order valence-corrected chi connectivity index (χ3v) is 2.89. The Morgan fingerprint density at radius 3 is 3.00 bits per heavy atom. The zero-order valence-electron chi connectivity index (χ0n) is 7.86. The van der Waals surface area contributed by atoms with E-state index < -0.39 is 0 Å². The number of thiophene rings is 1. The number of nitrogens with two attached hydrogens (primary N) is 1. The molecule has 5 heteroatoms. The monoisotopic (exact) mass is 209 g/mol. The van der Waals surface area contributed by atoms with E-state index in [-0.39, 0.29) is 0 Å². The van der Waals surface area contributed by atoms with Gasteiger partial charge in [0.1, 0.15) is 0 Å². The summed E-state index contributed by atoms with van der Waals surface area (Å²) in [5.41, 5.74) is 6.56. The van der Waals surface area contributed by atoms with Crippen LogP contribution in [0.2, 0.25) is 0 Å². The fraction of sp³-hybridized carbons (Fsp3) is 0.333. The summed E-state index contributed by atoms with van der Waals surface area (Å²) in [6, 6.07) is 2.03. The predicted octanol–water partition coefficient (Wildman–Crippen LogP) is 1.61. The normalized spacial score (nSPS) is 10.7. The molecule has 0 spiro atoms. The van der Waals surface area contributed by atoms with Gasteiger partial charge in [0.05, 0.1) is 4.88 Å². The van der Waals surface area contributed by atoms with Crippen molar-refractivity contribution in [2.24, 2.45) is 5.73 Å². The van der Waals surface area contributed by atoms with Gasteiger partial charge in [0, 0.05) is 13.0 Å². The number of rotatable bonds is 3. The minimum absolute atomic E-state index is 0.533. The van der Waals surface area contributed by atoms with Gasteiger partial charge in [-0.05, 0) is 23.9 Å². The Bertz CT molecular complexity index is 421. The van der Waals surface area contributed by atoms with Crippen molar-refractivity contribution in [2.45, 2.75) is 13.3 Å². The molecule has 0 fully saturated rings. The summed E-state index contributed by atoms with van der Waals surface area (Å²) in [6.45, 7) is 2.56. The molecule has 0 saturated heterocycles. The molecule has 0 saturated carbocycles. The molecule has 0 amide bonds. The molecule has 0 aliphatic heterocycles. The second-order valence-electron chi connectivity index (χ2n) is 2.97. The SMILES string of the molecule is Cc1ccsc1-c1nnc(CCN)o1. The van der Waals surface area contributed by atoms with Crippen LogP contribution in [0.1, 0.15) is 11.5 Å². The molecule has 0 aliphatic rings. The van der Waals surface area contributed by atoms with Gasteiger partial charge in [-0.2, -0.15) is 0 Å². The summed E-state index contributed by atoms with van der Waals surface area (Å²) < 4.78 is 5.46. The average Bonchev–Trinajstić information content (AvgIpc) is 2.74. The van der Waals surface area contributed by atoms with Gasteiger partial charge in [-0.3, -0.25) is 0 Å². The van der Waals surface area contributed by atoms with E-state index in [1.807, 2.05) is 18.4 Å². The van der Waals surface area contributed by atoms with E-state index in [0.29, 0.717) is 24.7 Å². The average molecular weight is 209 g/mol. The zero-order chi connectivity index (χ0) is 9.97. The van der Waals surface area contributed by atoms with Crippen LogP contribution < -0.4 is 5.73 Å². The topological polar surface area (TPSA) is 64.9 Å². The lowest BCUT2D eigenvalue weighted by molar-refractivity contribution is 0.508. The van der Waals surface area contributed by atoms with E-state index in [9.17, 15) is 0 Å². The number of hydrogen-bond donors (Lipinski definition) is 1. The summed E-state index contributed by atoms with van der Waals surface area (Å²) in [5.74, 6) is 1.20. The van der Waals surface area contributed by atoms with Crippen LogP contribution in [0, 0.1) is 6.92 Å². The van der Waals surface area contributed by atoms with Crippen LogP contribution in [0.5, 0.6) is 0 Å². The highest BCUT2D eigenvalue weighted by Gasteiger charge is 2.11. The van der Waals surface area contributed by atoms with Crippen molar-refractivity contribution in [2.75, 3.05) is 6.54 Å². The van der Waals surface area contributed by atoms with Crippen LogP contribution in [0.4, 0.5) is 0 Å². The second kappa shape index (κ2) is 3.89. The maximum atomic E-state index is 5.46. The van der Waals surface area contributed by atoms with Crippen molar-refractivity contribution >= 4 is 11.3 Å². The first kappa shape index (κ1) is 9.36. The zero-order valence-corrected chi connectivity index (χ0v) is 8.67. The van der Waals surface area contributed by atoms with Crippen molar-refractivity contribution in [1.82, 2.24) is 10.2 Å². The van der Waals surface area contributed by atoms with Gasteiger partial charge in [-0.1, -0.05) is 0 Å². The molecule has 2 rings (SSSR count). The highest BCUT2D eigenvalue weighted by atomic mass is 32.1. The van der Waals surface area contributed by atoms with Gasteiger partial charge < -0.3 is 10.2 Å². The fourth-order valence-corrected chi connectivity index (χ4v) is 2.01. The highest BCUT2D eigenvalue weighted by molar-refractivity contribution is 7.13. The Balaban J connectivity index is 2.29. The van der Waals surface area contributed by atoms with E-state index in [4.69, 9.17) is 10.2 Å². The second-order valence-corrected chi connectivity index (χ2v) is 3.89. The van der Waals surface area contributed by atoms with Crippen LogP contribution in [0.3, 0.4) is 0 Å². The van der Waals surface area contributed by atoms with Gasteiger partial charge in [0.25, 0.3) is 5.89 Å². The largest absolute Gasteiger partial charge is 0.420 e. The smallest absolute Gasteiger partial charge is 0.257 e. The molecule has 14 heavy (non-hydrogen) atoms. The molecule has 0 unspecified atom stereocenters. The first-order valence-corrected chi connectivity index (χ1v) is 5.26. The van der Waals surface area contributed by atoms with Crippen LogP contribution in [0.25, 0.3) is 10.8 Å². The third-order valence-electron chi connectivity index (χ3n) is 1.88. The van der Waals surface area contributed by atoms with E-state index in [0.717, 1.165) is 10.4 Å². The minimum atomic E-state index is 0.533. The summed E-state index contributed by atoms with van der Waals surface area (Å²) in [5, 5.41) is 9.90. The highest BCUT2D eigenvalue weighted by Crippen LogP contribution is 2.27. The summed E-state index contributed by atoms with van der Waals surface area (Å²) >= 11 is 1.61. The van der Waals surface area contributed by atoms with Gasteiger partial charge in [0.15, 0.2) is 0 Å². The lowest BCUT2D eigenvalue weighted by atomic mass is 10.3. The van der Waals surface area contributed by atoms with Crippen LogP contribution in [0.15, 0.2) is 15.9 Å². The molecule has 2 aromatic rings. The molecule has 0 radical (unpaired) electrons. The minimum Gasteiger partial charge on any atom is -0.420 e. The molecule has 0 atom stereocenters. The fourth-order valence-electron chi connectivity index (χ4n) is 1.16. The maximum absolute atomic E-state index is 5.46. The van der Waals surface area contributed by atoms with Crippen molar-refractivity contribution in [3.8, 4) is 10.8 Å². The quantitative estimate of drug-likeness (QED) is 0.834. The Morgan fingerprint density at radius 2 is 2.36 bits per heavy atom. The molecule has 0 bridgehead atoms. The van der Waals surface area contributed by atoms with E-state index in [1.54, 1.807) is 11.3 Å². The molecule has 4 nitrogen and oxygen atoms in total. The van der Waals surface area contributed by atoms with E-state index in [1.165, 1.54) is 0 Å². The molecule has 2 N–H and O–H groups in total. The molecule has 2 heterocycles. The number of aromatic nitrogens is 2. The number of nitrogens with zero attached hydrogens (tertiary/aromatic N) is 2. The summed E-state index contributed by atoms with van der Waals surface area (Å²) in [7, 11) is 0. The van der Waals surface area contributed by atoms with Crippen LogP contribution in [-0.4, -0.2) is 16.7 Å². The Labute approximate surface area is 85.8 Å². The Hall–Kier alpha value is -1.20. The Morgan fingerprint density at radius 1 is 1.50 bits per heavy atom. The van der Waals surface area contributed by atoms with Crippen molar-refractivity contribution in [1.29, 1.82) is 0 Å². The predicted molar refractivity (Wildman–Crippen MR) is 55.1 cm³/mol. The van der Waals surface area contributed by atoms with Crippen molar-refractivity contribution < 1.29 is 4.42 Å². The number of aryl methyl sites for hydroxylation is 1. The summed E-state index contributed by atoms with van der Waals surface area (Å²) in [6.07, 6.45) is 0.636. The third kappa shape index (κ3) is 1.69.